The van der Waals surface area contributed by atoms with Gasteiger partial charge in [0.1, 0.15) is 0 Å². The Hall–Kier alpha value is -7.04. The van der Waals surface area contributed by atoms with E-state index < -0.39 is 0 Å². The van der Waals surface area contributed by atoms with Crippen molar-refractivity contribution >= 4 is 43.1 Å². The number of pyridine rings is 4. The maximum absolute atomic E-state index is 5.20. The van der Waals surface area contributed by atoms with Gasteiger partial charge in [-0.25, -0.2) is 19.9 Å². The summed E-state index contributed by atoms with van der Waals surface area (Å²) in [6.07, 6.45) is 0. The zero-order chi connectivity index (χ0) is 34.4. The van der Waals surface area contributed by atoms with Crippen LogP contribution in [0.4, 0.5) is 0 Å². The van der Waals surface area contributed by atoms with E-state index in [0.29, 0.717) is 0 Å². The predicted molar refractivity (Wildman–Crippen MR) is 215 cm³/mol. The molecule has 6 aromatic carbocycles. The molecule has 0 amide bonds. The fourth-order valence-corrected chi connectivity index (χ4v) is 7.45. The van der Waals surface area contributed by atoms with E-state index in [0.717, 1.165) is 56.7 Å². The van der Waals surface area contributed by atoms with Crippen LogP contribution in [0.25, 0.3) is 99.8 Å². The van der Waals surface area contributed by atoms with Crippen LogP contribution in [-0.2, 0) is 0 Å². The van der Waals surface area contributed by atoms with Gasteiger partial charge >= 0.3 is 0 Å². The van der Waals surface area contributed by atoms with Crippen LogP contribution in [0.3, 0.4) is 0 Å². The molecule has 0 bridgehead atoms. The lowest BCUT2D eigenvalue weighted by molar-refractivity contribution is 1.21. The number of hydrogen-bond donors (Lipinski definition) is 0. The highest BCUT2D eigenvalue weighted by molar-refractivity contribution is 6.13. The van der Waals surface area contributed by atoms with Gasteiger partial charge in [-0.3, -0.25) is 0 Å². The topological polar surface area (TPSA) is 51.6 Å². The van der Waals surface area contributed by atoms with E-state index in [1.54, 1.807) is 0 Å². The summed E-state index contributed by atoms with van der Waals surface area (Å²) in [5, 5.41) is 9.50. The first kappa shape index (κ1) is 29.8. The maximum Gasteiger partial charge on any atom is 0.0894 e. The minimum Gasteiger partial charge on any atom is -0.246 e. The summed E-state index contributed by atoms with van der Waals surface area (Å²) in [4.78, 5) is 20.6. The zero-order valence-corrected chi connectivity index (χ0v) is 28.1. The molecule has 4 nitrogen and oxygen atoms in total. The molecule has 10 rings (SSSR count). The SMILES string of the molecule is c1cc(-c2cccc(-c3cccc(-c4c5ccccc5cc5ccccc45)n3)n2)nc(-c2cccc(-c3c4ccccc4cc4ccccc34)n2)c1. The molecular formula is C48H30N4. The number of rotatable bonds is 5. The second-order valence-corrected chi connectivity index (χ2v) is 13.0. The van der Waals surface area contributed by atoms with Crippen LogP contribution in [0.1, 0.15) is 0 Å². The Morgan fingerprint density at radius 2 is 0.442 bits per heavy atom. The third kappa shape index (κ3) is 5.17. The molecule has 0 spiro atoms. The molecule has 242 valence electrons. The summed E-state index contributed by atoms with van der Waals surface area (Å²) >= 11 is 0. The number of aromatic nitrogens is 4. The fraction of sp³-hybridized carbons (Fsp3) is 0. The molecule has 10 aromatic rings. The molecule has 4 heteroatoms. The lowest BCUT2D eigenvalue weighted by atomic mass is 9.94. The van der Waals surface area contributed by atoms with Crippen LogP contribution in [0.5, 0.6) is 0 Å². The monoisotopic (exact) mass is 662 g/mol. The van der Waals surface area contributed by atoms with E-state index in [1.165, 1.54) is 43.1 Å². The zero-order valence-electron chi connectivity index (χ0n) is 28.1. The van der Waals surface area contributed by atoms with Crippen LogP contribution < -0.4 is 0 Å². The van der Waals surface area contributed by atoms with Crippen molar-refractivity contribution in [1.82, 2.24) is 19.9 Å². The first-order chi connectivity index (χ1) is 25.8. The Balaban J connectivity index is 1.04. The largest absolute Gasteiger partial charge is 0.246 e. The van der Waals surface area contributed by atoms with Crippen LogP contribution in [0, 0.1) is 0 Å². The van der Waals surface area contributed by atoms with E-state index in [1.807, 2.05) is 48.5 Å². The van der Waals surface area contributed by atoms with Crippen LogP contribution in [-0.4, -0.2) is 19.9 Å². The molecule has 0 unspecified atom stereocenters. The van der Waals surface area contributed by atoms with E-state index in [-0.39, 0.29) is 0 Å². The molecular weight excluding hydrogens is 633 g/mol. The molecule has 0 aliphatic carbocycles. The first-order valence-corrected chi connectivity index (χ1v) is 17.5. The van der Waals surface area contributed by atoms with Crippen LogP contribution in [0.2, 0.25) is 0 Å². The Labute approximate surface area is 300 Å². The number of fused-ring (bicyclic) bond motifs is 4. The summed E-state index contributed by atoms with van der Waals surface area (Å²) in [6.45, 7) is 0. The number of hydrogen-bond acceptors (Lipinski definition) is 4. The smallest absolute Gasteiger partial charge is 0.0894 e. The van der Waals surface area contributed by atoms with E-state index in [9.17, 15) is 0 Å². The van der Waals surface area contributed by atoms with E-state index >= 15 is 0 Å². The molecule has 0 radical (unpaired) electrons. The quantitative estimate of drug-likeness (QED) is 0.172. The standard InChI is InChI=1S/C48H30N4/c1-5-17-35-31(13-1)29-32-14-2-6-18-36(32)47(35)45-27-11-25-43(51-45)41-23-9-21-39(49-41)40-22-10-24-42(50-40)44-26-12-28-46(52-44)48-37-19-7-3-15-33(37)30-34-16-4-8-20-38(34)48/h1-30H. The highest BCUT2D eigenvalue weighted by Gasteiger charge is 2.15. The summed E-state index contributed by atoms with van der Waals surface area (Å²) in [5.74, 6) is 0. The van der Waals surface area contributed by atoms with Crippen LogP contribution in [0.15, 0.2) is 182 Å². The molecule has 4 heterocycles. The van der Waals surface area contributed by atoms with Crippen molar-refractivity contribution in [1.29, 1.82) is 0 Å². The van der Waals surface area contributed by atoms with Crippen molar-refractivity contribution in [2.75, 3.05) is 0 Å². The average Bonchev–Trinajstić information content (AvgIpc) is 3.22. The Morgan fingerprint density at radius 3 is 0.731 bits per heavy atom. The highest BCUT2D eigenvalue weighted by atomic mass is 14.8. The summed E-state index contributed by atoms with van der Waals surface area (Å²) in [7, 11) is 0. The number of nitrogens with zero attached hydrogens (tertiary/aromatic N) is 4. The van der Waals surface area contributed by atoms with Gasteiger partial charge in [0.15, 0.2) is 0 Å². The van der Waals surface area contributed by atoms with Crippen molar-refractivity contribution in [3.63, 3.8) is 0 Å². The second-order valence-electron chi connectivity index (χ2n) is 13.0. The van der Waals surface area contributed by atoms with Gasteiger partial charge in [0.25, 0.3) is 0 Å². The minimum absolute atomic E-state index is 0.776. The van der Waals surface area contributed by atoms with E-state index in [2.05, 4.69) is 133 Å². The van der Waals surface area contributed by atoms with Gasteiger partial charge in [-0.2, -0.15) is 0 Å². The van der Waals surface area contributed by atoms with Gasteiger partial charge in [-0.1, -0.05) is 121 Å². The molecule has 0 saturated carbocycles. The molecule has 4 aromatic heterocycles. The lowest BCUT2D eigenvalue weighted by Gasteiger charge is -2.13. The van der Waals surface area contributed by atoms with Crippen molar-refractivity contribution < 1.29 is 0 Å². The molecule has 0 saturated heterocycles. The number of benzene rings is 6. The third-order valence-corrected chi connectivity index (χ3v) is 9.84. The average molecular weight is 663 g/mol. The van der Waals surface area contributed by atoms with Crippen LogP contribution >= 0.6 is 0 Å². The first-order valence-electron chi connectivity index (χ1n) is 17.5. The molecule has 0 aliphatic heterocycles. The maximum atomic E-state index is 5.20. The Morgan fingerprint density at radius 1 is 0.212 bits per heavy atom. The van der Waals surface area contributed by atoms with E-state index in [4.69, 9.17) is 19.9 Å². The highest BCUT2D eigenvalue weighted by Crippen LogP contribution is 2.38. The predicted octanol–water partition coefficient (Wildman–Crippen LogP) is 12.2. The Bertz CT molecular complexity index is 2670. The molecule has 0 atom stereocenters. The lowest BCUT2D eigenvalue weighted by Crippen LogP contribution is -1.96. The van der Waals surface area contributed by atoms with Gasteiger partial charge in [-0.15, -0.1) is 0 Å². The van der Waals surface area contributed by atoms with Crippen molar-refractivity contribution in [2.45, 2.75) is 0 Å². The van der Waals surface area contributed by atoms with Crippen molar-refractivity contribution in [3.8, 4) is 56.7 Å². The van der Waals surface area contributed by atoms with Gasteiger partial charge < -0.3 is 0 Å². The molecule has 0 aliphatic rings. The summed E-state index contributed by atoms with van der Waals surface area (Å²) in [6, 6.07) is 63.1. The molecule has 52 heavy (non-hydrogen) atoms. The molecule has 0 fully saturated rings. The normalized spacial score (nSPS) is 11.5. The van der Waals surface area contributed by atoms with Gasteiger partial charge in [0, 0.05) is 11.1 Å². The van der Waals surface area contributed by atoms with Gasteiger partial charge in [-0.05, 0) is 104 Å². The fourth-order valence-electron chi connectivity index (χ4n) is 7.45. The summed E-state index contributed by atoms with van der Waals surface area (Å²) < 4.78 is 0. The summed E-state index contributed by atoms with van der Waals surface area (Å²) in [5.41, 5.74) is 8.85. The third-order valence-electron chi connectivity index (χ3n) is 9.84. The van der Waals surface area contributed by atoms with Gasteiger partial charge in [0.2, 0.25) is 0 Å². The van der Waals surface area contributed by atoms with Crippen molar-refractivity contribution in [2.24, 2.45) is 0 Å². The van der Waals surface area contributed by atoms with Gasteiger partial charge in [0.05, 0.1) is 45.6 Å². The Kier molecular flexibility index (Phi) is 7.10. The minimum atomic E-state index is 0.776. The van der Waals surface area contributed by atoms with Crippen molar-refractivity contribution in [3.05, 3.63) is 182 Å². The second kappa shape index (κ2) is 12.4. The molecule has 0 N–H and O–H groups in total.